The van der Waals surface area contributed by atoms with Crippen LogP contribution in [0, 0.1) is 51.8 Å². The second-order valence-electron chi connectivity index (χ2n) is 14.1. The van der Waals surface area contributed by atoms with Gasteiger partial charge in [-0.25, -0.2) is 0 Å². The van der Waals surface area contributed by atoms with Gasteiger partial charge in [-0.3, -0.25) is 4.79 Å². The van der Waals surface area contributed by atoms with Gasteiger partial charge in [-0.15, -0.1) is 0 Å². The molecule has 0 saturated heterocycles. The molecule has 0 aliphatic heterocycles. The van der Waals surface area contributed by atoms with Crippen molar-refractivity contribution in [3.8, 4) is 0 Å². The smallest absolute Gasteiger partial charge is 0.305 e. The SMILES string of the molecule is CCC(C)CCOC(=O)CC[C@H](C)[C@H]1CC[C@H]2C3CC[C@]4(C)C[C@H](O)CC[C@]4(C)[C@H]3CC[C@]12C. The Morgan fingerprint density at radius 2 is 1.74 bits per heavy atom. The van der Waals surface area contributed by atoms with E-state index in [0.29, 0.717) is 41.1 Å². The minimum absolute atomic E-state index is 0.0116. The number of ether oxygens (including phenoxy) is 1. The van der Waals surface area contributed by atoms with E-state index in [1.165, 1.54) is 44.9 Å². The molecule has 0 aromatic rings. The van der Waals surface area contributed by atoms with Crippen molar-refractivity contribution in [1.29, 1.82) is 0 Å². The van der Waals surface area contributed by atoms with Crippen LogP contribution < -0.4 is 0 Å². The maximum Gasteiger partial charge on any atom is 0.305 e. The molecule has 0 aromatic heterocycles. The number of hydrogen-bond acceptors (Lipinski definition) is 3. The number of esters is 1. The lowest BCUT2D eigenvalue weighted by Crippen LogP contribution is -2.58. The van der Waals surface area contributed by atoms with Crippen LogP contribution in [0.3, 0.4) is 0 Å². The lowest BCUT2D eigenvalue weighted by atomic mass is 9.40. The van der Waals surface area contributed by atoms with Gasteiger partial charge < -0.3 is 9.84 Å². The molecule has 0 radical (unpaired) electrons. The Balaban J connectivity index is 1.36. The summed E-state index contributed by atoms with van der Waals surface area (Å²) < 4.78 is 5.55. The molecule has 3 heteroatoms. The fourth-order valence-electron chi connectivity index (χ4n) is 9.78. The summed E-state index contributed by atoms with van der Waals surface area (Å²) in [5.74, 6) is 4.56. The molecular formula is C31H54O3. The number of carbonyl (C=O) groups is 1. The average Bonchev–Trinajstić information content (AvgIpc) is 3.15. The zero-order valence-electron chi connectivity index (χ0n) is 23.2. The number of aliphatic hydroxyl groups is 1. The molecule has 0 spiro atoms. The molecule has 4 rings (SSSR count). The first-order chi connectivity index (χ1) is 16.0. The summed E-state index contributed by atoms with van der Waals surface area (Å²) >= 11 is 0. The fraction of sp³-hybridized carbons (Fsp3) is 0.968. The van der Waals surface area contributed by atoms with Crippen molar-refractivity contribution in [2.45, 2.75) is 131 Å². The standard InChI is InChI=1S/C31H54O3/c1-7-21(2)15-19-34-28(33)11-8-22(3)25-9-10-26-24-13-16-29(4)20-23(32)12-18-31(29,6)27(24)14-17-30(25,26)5/h21-27,32H,7-20H2,1-6H3/t21?,22-,23+,24?,25+,26-,27-,29+,30+,31+/m0/s1. The zero-order chi connectivity index (χ0) is 24.7. The highest BCUT2D eigenvalue weighted by molar-refractivity contribution is 5.69. The summed E-state index contributed by atoms with van der Waals surface area (Å²) in [4.78, 5) is 12.4. The fourth-order valence-corrected chi connectivity index (χ4v) is 9.78. The van der Waals surface area contributed by atoms with Crippen molar-refractivity contribution in [2.24, 2.45) is 51.8 Å². The number of aliphatic hydroxyl groups excluding tert-OH is 1. The quantitative estimate of drug-likeness (QED) is 0.365. The van der Waals surface area contributed by atoms with Gasteiger partial charge >= 0.3 is 5.97 Å². The first-order valence-corrected chi connectivity index (χ1v) is 14.9. The topological polar surface area (TPSA) is 46.5 Å². The molecular weight excluding hydrogens is 420 g/mol. The van der Waals surface area contributed by atoms with Crippen molar-refractivity contribution in [2.75, 3.05) is 6.61 Å². The van der Waals surface area contributed by atoms with Crippen LogP contribution in [0.15, 0.2) is 0 Å². The van der Waals surface area contributed by atoms with Gasteiger partial charge in [-0.2, -0.15) is 0 Å². The van der Waals surface area contributed by atoms with Crippen LogP contribution in [0.25, 0.3) is 0 Å². The van der Waals surface area contributed by atoms with Crippen LogP contribution in [0.1, 0.15) is 125 Å². The Morgan fingerprint density at radius 3 is 2.47 bits per heavy atom. The zero-order valence-corrected chi connectivity index (χ0v) is 23.2. The molecule has 0 amide bonds. The second kappa shape index (κ2) is 10.1. The molecule has 0 aromatic carbocycles. The van der Waals surface area contributed by atoms with Crippen LogP contribution in [0.2, 0.25) is 0 Å². The highest BCUT2D eigenvalue weighted by atomic mass is 16.5. The number of hydrogen-bond donors (Lipinski definition) is 1. The van der Waals surface area contributed by atoms with Crippen molar-refractivity contribution >= 4 is 5.97 Å². The molecule has 34 heavy (non-hydrogen) atoms. The molecule has 4 fully saturated rings. The molecule has 0 heterocycles. The molecule has 10 atom stereocenters. The minimum Gasteiger partial charge on any atom is -0.466 e. The second-order valence-corrected chi connectivity index (χ2v) is 14.1. The highest BCUT2D eigenvalue weighted by Gasteiger charge is 2.63. The van der Waals surface area contributed by atoms with Gasteiger partial charge in [0.15, 0.2) is 0 Å². The minimum atomic E-state index is -0.0815. The first-order valence-electron chi connectivity index (χ1n) is 14.9. The predicted molar refractivity (Wildman–Crippen MR) is 139 cm³/mol. The van der Waals surface area contributed by atoms with Crippen molar-refractivity contribution in [3.63, 3.8) is 0 Å². The van der Waals surface area contributed by atoms with Gasteiger partial charge in [0.1, 0.15) is 0 Å². The van der Waals surface area contributed by atoms with Gasteiger partial charge in [0.05, 0.1) is 12.7 Å². The van der Waals surface area contributed by atoms with Crippen LogP contribution in [-0.4, -0.2) is 23.8 Å². The highest BCUT2D eigenvalue weighted by Crippen LogP contribution is 2.71. The van der Waals surface area contributed by atoms with E-state index in [4.69, 9.17) is 4.74 Å². The van der Waals surface area contributed by atoms with E-state index in [-0.39, 0.29) is 12.1 Å². The van der Waals surface area contributed by atoms with Crippen molar-refractivity contribution < 1.29 is 14.6 Å². The molecule has 4 aliphatic rings. The summed E-state index contributed by atoms with van der Waals surface area (Å²) in [6.07, 6.45) is 15.0. The number of carbonyl (C=O) groups excluding carboxylic acids is 1. The normalized spacial score (nSPS) is 45.6. The summed E-state index contributed by atoms with van der Waals surface area (Å²) in [6, 6.07) is 0. The summed E-state index contributed by atoms with van der Waals surface area (Å²) in [5, 5.41) is 10.5. The molecule has 0 bridgehead atoms. The molecule has 4 aliphatic carbocycles. The van der Waals surface area contributed by atoms with Gasteiger partial charge in [0.2, 0.25) is 0 Å². The van der Waals surface area contributed by atoms with Crippen molar-refractivity contribution in [1.82, 2.24) is 0 Å². The monoisotopic (exact) mass is 474 g/mol. The Labute approximate surface area is 210 Å². The Hall–Kier alpha value is -0.570. The lowest BCUT2D eigenvalue weighted by Gasteiger charge is -2.65. The molecule has 196 valence electrons. The largest absolute Gasteiger partial charge is 0.466 e. The van der Waals surface area contributed by atoms with Crippen LogP contribution in [0.5, 0.6) is 0 Å². The molecule has 1 N–H and O–H groups in total. The summed E-state index contributed by atoms with van der Waals surface area (Å²) in [5.41, 5.74) is 1.17. The van der Waals surface area contributed by atoms with Gasteiger partial charge in [-0.05, 0) is 122 Å². The van der Waals surface area contributed by atoms with Gasteiger partial charge in [-0.1, -0.05) is 48.0 Å². The van der Waals surface area contributed by atoms with Crippen molar-refractivity contribution in [3.05, 3.63) is 0 Å². The third-order valence-corrected chi connectivity index (χ3v) is 12.5. The van der Waals surface area contributed by atoms with E-state index in [0.717, 1.165) is 55.8 Å². The van der Waals surface area contributed by atoms with Crippen LogP contribution >= 0.6 is 0 Å². The summed E-state index contributed by atoms with van der Waals surface area (Å²) in [7, 11) is 0. The van der Waals surface area contributed by atoms with E-state index in [1.54, 1.807) is 0 Å². The maximum absolute atomic E-state index is 12.4. The number of rotatable bonds is 8. The summed E-state index contributed by atoms with van der Waals surface area (Å²) in [6.45, 7) is 15.1. The van der Waals surface area contributed by atoms with Gasteiger partial charge in [0, 0.05) is 6.42 Å². The lowest BCUT2D eigenvalue weighted by molar-refractivity contribution is -0.171. The van der Waals surface area contributed by atoms with E-state index < -0.39 is 0 Å². The predicted octanol–water partition coefficient (Wildman–Crippen LogP) is 7.79. The third kappa shape index (κ3) is 4.61. The Bertz CT molecular complexity index is 719. The van der Waals surface area contributed by atoms with Crippen LogP contribution in [-0.2, 0) is 9.53 Å². The van der Waals surface area contributed by atoms with E-state index in [1.807, 2.05) is 0 Å². The molecule has 2 unspecified atom stereocenters. The Morgan fingerprint density at radius 1 is 0.971 bits per heavy atom. The maximum atomic E-state index is 12.4. The third-order valence-electron chi connectivity index (χ3n) is 12.5. The van der Waals surface area contributed by atoms with Gasteiger partial charge in [0.25, 0.3) is 0 Å². The number of fused-ring (bicyclic) bond motifs is 5. The Kier molecular flexibility index (Phi) is 7.84. The van der Waals surface area contributed by atoms with E-state index in [2.05, 4.69) is 41.5 Å². The van der Waals surface area contributed by atoms with E-state index >= 15 is 0 Å². The average molecular weight is 475 g/mol. The first kappa shape index (κ1) is 26.5. The molecule has 3 nitrogen and oxygen atoms in total. The van der Waals surface area contributed by atoms with Crippen LogP contribution in [0.4, 0.5) is 0 Å². The van der Waals surface area contributed by atoms with E-state index in [9.17, 15) is 9.90 Å². The molecule has 4 saturated carbocycles.